The van der Waals surface area contributed by atoms with E-state index in [1.54, 1.807) is 19.1 Å². The van der Waals surface area contributed by atoms with E-state index in [1.807, 2.05) is 6.07 Å². The first kappa shape index (κ1) is 13.5. The Balaban J connectivity index is 2.94. The summed E-state index contributed by atoms with van der Waals surface area (Å²) >= 11 is 0. The number of rotatable bonds is 3. The van der Waals surface area contributed by atoms with Gasteiger partial charge in [0.25, 0.3) is 5.69 Å². The summed E-state index contributed by atoms with van der Waals surface area (Å²) < 4.78 is 0. The van der Waals surface area contributed by atoms with Crippen LogP contribution in [0, 0.1) is 22.5 Å². The van der Waals surface area contributed by atoms with E-state index in [0.717, 1.165) is 5.69 Å². The number of nitro groups is 1. The van der Waals surface area contributed by atoms with Gasteiger partial charge in [-0.15, -0.1) is 0 Å². The third-order valence-electron chi connectivity index (χ3n) is 3.09. The van der Waals surface area contributed by atoms with Gasteiger partial charge in [-0.2, -0.15) is 0 Å². The molecule has 94 valence electrons. The second kappa shape index (κ2) is 4.73. The van der Waals surface area contributed by atoms with E-state index in [4.69, 9.17) is 0 Å². The Morgan fingerprint density at radius 2 is 1.94 bits per heavy atom. The molecule has 1 unspecified atom stereocenters. The lowest BCUT2D eigenvalue weighted by Crippen LogP contribution is -2.30. The summed E-state index contributed by atoms with van der Waals surface area (Å²) in [6.07, 6.45) is 0. The van der Waals surface area contributed by atoms with Crippen molar-refractivity contribution < 1.29 is 4.92 Å². The van der Waals surface area contributed by atoms with E-state index in [2.05, 4.69) is 33.0 Å². The van der Waals surface area contributed by atoms with Crippen molar-refractivity contribution in [2.24, 2.45) is 5.41 Å². The van der Waals surface area contributed by atoms with Gasteiger partial charge in [0.2, 0.25) is 0 Å². The monoisotopic (exact) mass is 236 g/mol. The van der Waals surface area contributed by atoms with Crippen molar-refractivity contribution in [2.75, 3.05) is 5.32 Å². The second-order valence-corrected chi connectivity index (χ2v) is 5.49. The van der Waals surface area contributed by atoms with Crippen LogP contribution in [0.15, 0.2) is 18.2 Å². The maximum atomic E-state index is 10.8. The minimum Gasteiger partial charge on any atom is -0.382 e. The third-order valence-corrected chi connectivity index (χ3v) is 3.09. The van der Waals surface area contributed by atoms with Crippen LogP contribution in [0.25, 0.3) is 0 Å². The maximum Gasteiger partial charge on any atom is 0.274 e. The number of nitrogens with one attached hydrogen (secondary N) is 1. The molecular weight excluding hydrogens is 216 g/mol. The van der Waals surface area contributed by atoms with Gasteiger partial charge in [-0.05, 0) is 25.3 Å². The molecule has 0 heterocycles. The van der Waals surface area contributed by atoms with Gasteiger partial charge in [-0.1, -0.05) is 26.8 Å². The van der Waals surface area contributed by atoms with Crippen LogP contribution in [0.4, 0.5) is 11.4 Å². The Labute approximate surface area is 102 Å². The van der Waals surface area contributed by atoms with Gasteiger partial charge < -0.3 is 5.32 Å². The maximum absolute atomic E-state index is 10.8. The SMILES string of the molecule is Cc1ccc(NC(C)C(C)(C)C)cc1[N+](=O)[O-]. The van der Waals surface area contributed by atoms with E-state index in [0.29, 0.717) is 5.56 Å². The van der Waals surface area contributed by atoms with Crippen molar-refractivity contribution >= 4 is 11.4 Å². The number of aryl methyl sites for hydroxylation is 1. The van der Waals surface area contributed by atoms with Crippen molar-refractivity contribution in [3.63, 3.8) is 0 Å². The molecule has 0 aliphatic rings. The normalized spacial score (nSPS) is 13.2. The highest BCUT2D eigenvalue weighted by Crippen LogP contribution is 2.26. The first-order valence-corrected chi connectivity index (χ1v) is 5.73. The molecule has 1 aromatic rings. The Hall–Kier alpha value is -1.58. The lowest BCUT2D eigenvalue weighted by Gasteiger charge is -2.29. The van der Waals surface area contributed by atoms with Crippen LogP contribution >= 0.6 is 0 Å². The van der Waals surface area contributed by atoms with Gasteiger partial charge >= 0.3 is 0 Å². The van der Waals surface area contributed by atoms with Gasteiger partial charge in [0.05, 0.1) is 4.92 Å². The molecule has 1 atom stereocenters. The number of anilines is 1. The van der Waals surface area contributed by atoms with Crippen LogP contribution in [-0.2, 0) is 0 Å². The van der Waals surface area contributed by atoms with Crippen molar-refractivity contribution in [1.82, 2.24) is 0 Å². The highest BCUT2D eigenvalue weighted by molar-refractivity contribution is 5.55. The van der Waals surface area contributed by atoms with Crippen LogP contribution in [0.2, 0.25) is 0 Å². The predicted molar refractivity (Wildman–Crippen MR) is 70.4 cm³/mol. The van der Waals surface area contributed by atoms with Crippen molar-refractivity contribution in [2.45, 2.75) is 40.7 Å². The van der Waals surface area contributed by atoms with Crippen LogP contribution in [0.5, 0.6) is 0 Å². The highest BCUT2D eigenvalue weighted by atomic mass is 16.6. The second-order valence-electron chi connectivity index (χ2n) is 5.49. The zero-order chi connectivity index (χ0) is 13.2. The quantitative estimate of drug-likeness (QED) is 0.642. The van der Waals surface area contributed by atoms with Crippen molar-refractivity contribution in [1.29, 1.82) is 0 Å². The minimum absolute atomic E-state index is 0.111. The van der Waals surface area contributed by atoms with Gasteiger partial charge in [0.1, 0.15) is 0 Å². The van der Waals surface area contributed by atoms with Crippen LogP contribution in [0.3, 0.4) is 0 Å². The summed E-state index contributed by atoms with van der Waals surface area (Å²) in [5.41, 5.74) is 1.75. The topological polar surface area (TPSA) is 55.2 Å². The molecule has 1 aromatic carbocycles. The van der Waals surface area contributed by atoms with Gasteiger partial charge in [-0.25, -0.2) is 0 Å². The molecule has 0 saturated carbocycles. The van der Waals surface area contributed by atoms with Crippen LogP contribution in [0.1, 0.15) is 33.3 Å². The summed E-state index contributed by atoms with van der Waals surface area (Å²) in [4.78, 5) is 10.5. The molecule has 0 amide bonds. The molecule has 4 heteroatoms. The molecule has 0 spiro atoms. The number of hydrogen-bond donors (Lipinski definition) is 1. The van der Waals surface area contributed by atoms with E-state index in [1.165, 1.54) is 0 Å². The van der Waals surface area contributed by atoms with E-state index < -0.39 is 0 Å². The molecule has 0 radical (unpaired) electrons. The van der Waals surface area contributed by atoms with Gasteiger partial charge in [0, 0.05) is 23.4 Å². The standard InChI is InChI=1S/C13H20N2O2/c1-9-6-7-11(8-12(9)15(16)17)14-10(2)13(3,4)5/h6-8,10,14H,1-5H3. The zero-order valence-electron chi connectivity index (χ0n) is 11.1. The number of nitro benzene ring substituents is 1. The Bertz CT molecular complexity index is 422. The molecule has 1 rings (SSSR count). The Kier molecular flexibility index (Phi) is 3.76. The molecule has 0 aromatic heterocycles. The predicted octanol–water partition coefficient (Wildman–Crippen LogP) is 3.75. The lowest BCUT2D eigenvalue weighted by atomic mass is 9.88. The molecule has 1 N–H and O–H groups in total. The number of nitrogens with zero attached hydrogens (tertiary/aromatic N) is 1. The number of hydrogen-bond acceptors (Lipinski definition) is 3. The lowest BCUT2D eigenvalue weighted by molar-refractivity contribution is -0.385. The molecular formula is C13H20N2O2. The van der Waals surface area contributed by atoms with Crippen molar-refractivity contribution in [3.8, 4) is 0 Å². The third kappa shape index (κ3) is 3.44. The summed E-state index contributed by atoms with van der Waals surface area (Å²) in [7, 11) is 0. The Morgan fingerprint density at radius 3 is 2.41 bits per heavy atom. The van der Waals surface area contributed by atoms with Gasteiger partial charge in [0.15, 0.2) is 0 Å². The molecule has 17 heavy (non-hydrogen) atoms. The largest absolute Gasteiger partial charge is 0.382 e. The van der Waals surface area contributed by atoms with E-state index in [-0.39, 0.29) is 22.1 Å². The summed E-state index contributed by atoms with van der Waals surface area (Å²) in [6.45, 7) is 10.2. The fraction of sp³-hybridized carbons (Fsp3) is 0.538. The fourth-order valence-corrected chi connectivity index (χ4v) is 1.36. The summed E-state index contributed by atoms with van der Waals surface area (Å²) in [6, 6.07) is 5.49. The Morgan fingerprint density at radius 1 is 1.35 bits per heavy atom. The summed E-state index contributed by atoms with van der Waals surface area (Å²) in [5.74, 6) is 0. The van der Waals surface area contributed by atoms with Crippen molar-refractivity contribution in [3.05, 3.63) is 33.9 Å². The van der Waals surface area contributed by atoms with Crippen LogP contribution < -0.4 is 5.32 Å². The molecule has 0 saturated heterocycles. The molecule has 0 aliphatic carbocycles. The molecule has 0 fully saturated rings. The molecule has 0 bridgehead atoms. The van der Waals surface area contributed by atoms with E-state index in [9.17, 15) is 10.1 Å². The zero-order valence-corrected chi connectivity index (χ0v) is 11.1. The number of benzene rings is 1. The average molecular weight is 236 g/mol. The van der Waals surface area contributed by atoms with E-state index >= 15 is 0 Å². The molecule has 0 aliphatic heterocycles. The minimum atomic E-state index is -0.345. The molecule has 4 nitrogen and oxygen atoms in total. The highest BCUT2D eigenvalue weighted by Gasteiger charge is 2.20. The average Bonchev–Trinajstić information content (AvgIpc) is 2.19. The first-order chi connectivity index (χ1) is 7.71. The fourth-order valence-electron chi connectivity index (χ4n) is 1.36. The smallest absolute Gasteiger partial charge is 0.274 e. The summed E-state index contributed by atoms with van der Waals surface area (Å²) in [5, 5.41) is 14.1. The van der Waals surface area contributed by atoms with Crippen LogP contribution in [-0.4, -0.2) is 11.0 Å². The van der Waals surface area contributed by atoms with Gasteiger partial charge in [-0.3, -0.25) is 10.1 Å². The first-order valence-electron chi connectivity index (χ1n) is 5.73.